The molecule has 0 radical (unpaired) electrons. The standard InChI is InChI=1S/C16H22N2O7S/c1-5-17-13(19)9-18(26(4,22)23)15(16(20)21)14(17)10-6-7-11(24-2)12(8-10)25-3/h6-8,14-15H,5,9H2,1-4H3,(H,20,21)/t14-,15+/m1/s1. The van der Waals surface area contributed by atoms with Gasteiger partial charge in [-0.15, -0.1) is 0 Å². The molecule has 9 nitrogen and oxygen atoms in total. The van der Waals surface area contributed by atoms with Gasteiger partial charge < -0.3 is 19.5 Å². The van der Waals surface area contributed by atoms with E-state index < -0.39 is 40.5 Å². The zero-order valence-electron chi connectivity index (χ0n) is 15.0. The van der Waals surface area contributed by atoms with E-state index in [-0.39, 0.29) is 6.54 Å². The third-order valence-electron chi connectivity index (χ3n) is 4.33. The minimum absolute atomic E-state index is 0.235. The number of likely N-dealkylation sites (N-methyl/N-ethyl adjacent to an activating group) is 1. The molecular weight excluding hydrogens is 364 g/mol. The summed E-state index contributed by atoms with van der Waals surface area (Å²) in [5.41, 5.74) is 0.443. The SMILES string of the molecule is CCN1C(=O)CN(S(C)(=O)=O)[C@H](C(=O)O)[C@H]1c1ccc(OC)c(OC)c1. The quantitative estimate of drug-likeness (QED) is 0.749. The van der Waals surface area contributed by atoms with Crippen LogP contribution >= 0.6 is 0 Å². The molecule has 0 spiro atoms. The number of aliphatic carboxylic acids is 1. The molecule has 1 amide bonds. The Balaban J connectivity index is 2.65. The number of carboxylic acids is 1. The monoisotopic (exact) mass is 386 g/mol. The maximum absolute atomic E-state index is 12.5. The summed E-state index contributed by atoms with van der Waals surface area (Å²) in [4.78, 5) is 25.8. The number of piperazine rings is 1. The molecular formula is C16H22N2O7S. The molecule has 1 aliphatic rings. The van der Waals surface area contributed by atoms with Crippen LogP contribution in [-0.2, 0) is 19.6 Å². The first-order chi connectivity index (χ1) is 12.1. The molecule has 1 fully saturated rings. The van der Waals surface area contributed by atoms with Crippen molar-refractivity contribution in [2.75, 3.05) is 33.6 Å². The highest BCUT2D eigenvalue weighted by Gasteiger charge is 2.48. The average molecular weight is 386 g/mol. The Labute approximate surface area is 152 Å². The zero-order chi connectivity index (χ0) is 19.6. The highest BCUT2D eigenvalue weighted by atomic mass is 32.2. The topological polar surface area (TPSA) is 113 Å². The summed E-state index contributed by atoms with van der Waals surface area (Å²) in [6.07, 6.45) is 0.892. The number of ether oxygens (including phenoxy) is 2. The van der Waals surface area contributed by atoms with Crippen LogP contribution in [0.2, 0.25) is 0 Å². The highest BCUT2D eigenvalue weighted by Crippen LogP contribution is 2.37. The van der Waals surface area contributed by atoms with Crippen molar-refractivity contribution < 1.29 is 32.6 Å². The average Bonchev–Trinajstić information content (AvgIpc) is 2.58. The van der Waals surface area contributed by atoms with Gasteiger partial charge in [0.05, 0.1) is 33.1 Å². The lowest BCUT2D eigenvalue weighted by atomic mass is 9.94. The van der Waals surface area contributed by atoms with Gasteiger partial charge in [0.25, 0.3) is 0 Å². The summed E-state index contributed by atoms with van der Waals surface area (Å²) in [6, 6.07) is 2.31. The number of amides is 1. The second-order valence-electron chi connectivity index (χ2n) is 5.83. The minimum Gasteiger partial charge on any atom is -0.493 e. The predicted octanol–water partition coefficient (Wildman–Crippen LogP) is 0.322. The summed E-state index contributed by atoms with van der Waals surface area (Å²) in [7, 11) is -1.01. The van der Waals surface area contributed by atoms with Crippen LogP contribution < -0.4 is 9.47 Å². The number of hydrogen-bond acceptors (Lipinski definition) is 6. The van der Waals surface area contributed by atoms with Gasteiger partial charge in [0.2, 0.25) is 15.9 Å². The zero-order valence-corrected chi connectivity index (χ0v) is 15.8. The van der Waals surface area contributed by atoms with Crippen molar-refractivity contribution >= 4 is 21.9 Å². The summed E-state index contributed by atoms with van der Waals surface area (Å²) in [5.74, 6) is -1.00. The molecule has 144 valence electrons. The van der Waals surface area contributed by atoms with Crippen molar-refractivity contribution in [3.8, 4) is 11.5 Å². The molecule has 0 saturated carbocycles. The van der Waals surface area contributed by atoms with Gasteiger partial charge in [-0.3, -0.25) is 9.59 Å². The van der Waals surface area contributed by atoms with Crippen LogP contribution in [-0.4, -0.2) is 74.2 Å². The fourth-order valence-electron chi connectivity index (χ4n) is 3.16. The van der Waals surface area contributed by atoms with E-state index in [0.29, 0.717) is 17.1 Å². The Morgan fingerprint density at radius 2 is 1.88 bits per heavy atom. The first-order valence-corrected chi connectivity index (χ1v) is 9.71. The number of carbonyl (C=O) groups is 2. The lowest BCUT2D eigenvalue weighted by Crippen LogP contribution is -2.61. The van der Waals surface area contributed by atoms with Crippen molar-refractivity contribution in [1.82, 2.24) is 9.21 Å². The van der Waals surface area contributed by atoms with Gasteiger partial charge in [-0.2, -0.15) is 4.31 Å². The Morgan fingerprint density at radius 3 is 2.35 bits per heavy atom. The Morgan fingerprint density at radius 1 is 1.27 bits per heavy atom. The van der Waals surface area contributed by atoms with E-state index in [9.17, 15) is 23.1 Å². The fraction of sp³-hybridized carbons (Fsp3) is 0.500. The molecule has 1 heterocycles. The predicted molar refractivity (Wildman–Crippen MR) is 92.6 cm³/mol. The minimum atomic E-state index is -3.90. The molecule has 26 heavy (non-hydrogen) atoms. The number of carboxylic acid groups (broad SMARTS) is 1. The first-order valence-electron chi connectivity index (χ1n) is 7.86. The van der Waals surface area contributed by atoms with Crippen LogP contribution in [0.4, 0.5) is 0 Å². The van der Waals surface area contributed by atoms with Gasteiger partial charge in [0, 0.05) is 6.54 Å². The summed E-state index contributed by atoms with van der Waals surface area (Å²) < 4.78 is 35.3. The molecule has 0 aliphatic carbocycles. The summed E-state index contributed by atoms with van der Waals surface area (Å²) in [6.45, 7) is 1.44. The van der Waals surface area contributed by atoms with Crippen LogP contribution in [0, 0.1) is 0 Å². The number of benzene rings is 1. The van der Waals surface area contributed by atoms with E-state index in [1.165, 1.54) is 19.1 Å². The third-order valence-corrected chi connectivity index (χ3v) is 5.53. The number of nitrogens with zero attached hydrogens (tertiary/aromatic N) is 2. The maximum atomic E-state index is 12.5. The van der Waals surface area contributed by atoms with Crippen LogP contribution in [0.25, 0.3) is 0 Å². The molecule has 1 aliphatic heterocycles. The Bertz CT molecular complexity index is 809. The number of carbonyl (C=O) groups excluding carboxylic acids is 1. The van der Waals surface area contributed by atoms with Crippen molar-refractivity contribution in [2.45, 2.75) is 19.0 Å². The van der Waals surface area contributed by atoms with Gasteiger partial charge in [0.15, 0.2) is 11.5 Å². The molecule has 10 heteroatoms. The molecule has 1 N–H and O–H groups in total. The number of rotatable bonds is 6. The first kappa shape index (κ1) is 20.0. The molecule has 2 rings (SSSR count). The van der Waals surface area contributed by atoms with Crippen molar-refractivity contribution in [2.24, 2.45) is 0 Å². The van der Waals surface area contributed by atoms with Crippen LogP contribution in [0.1, 0.15) is 18.5 Å². The lowest BCUT2D eigenvalue weighted by molar-refractivity contribution is -0.152. The van der Waals surface area contributed by atoms with Gasteiger partial charge in [0.1, 0.15) is 6.04 Å². The Kier molecular flexibility index (Phi) is 5.77. The number of hydrogen-bond donors (Lipinski definition) is 1. The van der Waals surface area contributed by atoms with E-state index >= 15 is 0 Å². The van der Waals surface area contributed by atoms with E-state index in [1.54, 1.807) is 25.1 Å². The molecule has 0 bridgehead atoms. The Hall–Kier alpha value is -2.33. The van der Waals surface area contributed by atoms with Crippen LogP contribution in [0.5, 0.6) is 11.5 Å². The summed E-state index contributed by atoms with van der Waals surface area (Å²) in [5, 5.41) is 9.73. The molecule has 1 saturated heterocycles. The second-order valence-corrected chi connectivity index (χ2v) is 7.77. The van der Waals surface area contributed by atoms with Crippen molar-refractivity contribution in [3.63, 3.8) is 0 Å². The van der Waals surface area contributed by atoms with Crippen molar-refractivity contribution in [1.29, 1.82) is 0 Å². The highest BCUT2D eigenvalue weighted by molar-refractivity contribution is 7.88. The number of methoxy groups -OCH3 is 2. The van der Waals surface area contributed by atoms with Crippen molar-refractivity contribution in [3.05, 3.63) is 23.8 Å². The summed E-state index contributed by atoms with van der Waals surface area (Å²) >= 11 is 0. The van der Waals surface area contributed by atoms with E-state index in [0.717, 1.165) is 10.6 Å². The molecule has 0 unspecified atom stereocenters. The van der Waals surface area contributed by atoms with Crippen LogP contribution in [0.15, 0.2) is 18.2 Å². The molecule has 1 aromatic rings. The molecule has 2 atom stereocenters. The van der Waals surface area contributed by atoms with Gasteiger partial charge in [-0.25, -0.2) is 8.42 Å². The lowest BCUT2D eigenvalue weighted by Gasteiger charge is -2.44. The van der Waals surface area contributed by atoms with Gasteiger partial charge >= 0.3 is 5.97 Å². The fourth-order valence-corrected chi connectivity index (χ4v) is 4.12. The van der Waals surface area contributed by atoms with E-state index in [4.69, 9.17) is 9.47 Å². The van der Waals surface area contributed by atoms with E-state index in [2.05, 4.69) is 0 Å². The van der Waals surface area contributed by atoms with Crippen LogP contribution in [0.3, 0.4) is 0 Å². The maximum Gasteiger partial charge on any atom is 0.324 e. The largest absolute Gasteiger partial charge is 0.493 e. The normalized spacial score (nSPS) is 21.5. The smallest absolute Gasteiger partial charge is 0.324 e. The third kappa shape index (κ3) is 3.61. The van der Waals surface area contributed by atoms with E-state index in [1.807, 2.05) is 0 Å². The van der Waals surface area contributed by atoms with Gasteiger partial charge in [-0.05, 0) is 24.6 Å². The molecule has 0 aromatic heterocycles. The second kappa shape index (κ2) is 7.50. The molecule has 1 aromatic carbocycles. The number of sulfonamides is 1. The van der Waals surface area contributed by atoms with Gasteiger partial charge in [-0.1, -0.05) is 6.07 Å².